The highest BCUT2D eigenvalue weighted by molar-refractivity contribution is 5.96. The molecule has 0 aliphatic carbocycles. The molecule has 2 aromatic heterocycles. The highest BCUT2D eigenvalue weighted by atomic mass is 16.1. The van der Waals surface area contributed by atoms with E-state index >= 15 is 0 Å². The van der Waals surface area contributed by atoms with Crippen molar-refractivity contribution < 1.29 is 4.79 Å². The van der Waals surface area contributed by atoms with E-state index in [0.717, 1.165) is 0 Å². The van der Waals surface area contributed by atoms with E-state index in [-0.39, 0.29) is 12.5 Å². The number of H-pyrrole nitrogens is 1. The molecule has 0 atom stereocenters. The van der Waals surface area contributed by atoms with E-state index in [1.54, 1.807) is 30.9 Å². The number of imidazole rings is 1. The molecule has 6 nitrogen and oxygen atoms in total. The molecule has 2 heterocycles. The van der Waals surface area contributed by atoms with Crippen molar-refractivity contribution in [3.05, 3.63) is 47.8 Å². The van der Waals surface area contributed by atoms with Gasteiger partial charge in [0.05, 0.1) is 24.2 Å². The first-order valence-corrected chi connectivity index (χ1v) is 5.70. The van der Waals surface area contributed by atoms with Crippen LogP contribution in [-0.4, -0.2) is 27.4 Å². The summed E-state index contributed by atoms with van der Waals surface area (Å²) in [5.74, 6) is 6.00. The molecular formula is C13H13N5O. The molecule has 0 aliphatic heterocycles. The van der Waals surface area contributed by atoms with Gasteiger partial charge in [0.15, 0.2) is 0 Å². The molecule has 6 heteroatoms. The molecule has 96 valence electrons. The Hall–Kier alpha value is -2.65. The Balaban J connectivity index is 2.10. The maximum absolute atomic E-state index is 12.0. The van der Waals surface area contributed by atoms with Crippen LogP contribution in [0.4, 0.5) is 0 Å². The topological polar surface area (TPSA) is 96.7 Å². The first-order valence-electron chi connectivity index (χ1n) is 5.70. The predicted molar refractivity (Wildman–Crippen MR) is 69.9 cm³/mol. The fourth-order valence-electron chi connectivity index (χ4n) is 1.49. The molecular weight excluding hydrogens is 242 g/mol. The fraction of sp³-hybridized carbons (Fsp3) is 0.154. The van der Waals surface area contributed by atoms with E-state index in [4.69, 9.17) is 5.73 Å². The van der Waals surface area contributed by atoms with Crippen LogP contribution in [-0.2, 0) is 6.54 Å². The average molecular weight is 255 g/mol. The summed E-state index contributed by atoms with van der Waals surface area (Å²) in [5.41, 5.74) is 6.35. The SMILES string of the molecule is NCC#Cc1cnccc1C(=O)NCc1ncc[nH]1. The normalized spacial score (nSPS) is 9.53. The van der Waals surface area contributed by atoms with Gasteiger partial charge < -0.3 is 16.0 Å². The summed E-state index contributed by atoms with van der Waals surface area (Å²) < 4.78 is 0. The quantitative estimate of drug-likeness (QED) is 0.675. The van der Waals surface area contributed by atoms with Gasteiger partial charge in [-0.25, -0.2) is 4.98 Å². The number of nitrogens with one attached hydrogen (secondary N) is 2. The van der Waals surface area contributed by atoms with Gasteiger partial charge in [-0.1, -0.05) is 11.8 Å². The Morgan fingerprint density at radius 2 is 2.37 bits per heavy atom. The lowest BCUT2D eigenvalue weighted by atomic mass is 10.1. The Bertz CT molecular complexity index is 609. The van der Waals surface area contributed by atoms with Crippen LogP contribution in [0.1, 0.15) is 21.7 Å². The maximum Gasteiger partial charge on any atom is 0.253 e. The van der Waals surface area contributed by atoms with Crippen molar-refractivity contribution in [2.75, 3.05) is 6.54 Å². The molecule has 0 fully saturated rings. The number of carbonyl (C=O) groups excluding carboxylic acids is 1. The van der Waals surface area contributed by atoms with Crippen LogP contribution >= 0.6 is 0 Å². The maximum atomic E-state index is 12.0. The monoisotopic (exact) mass is 255 g/mol. The van der Waals surface area contributed by atoms with Gasteiger partial charge in [-0.05, 0) is 6.07 Å². The smallest absolute Gasteiger partial charge is 0.253 e. The number of hydrogen-bond donors (Lipinski definition) is 3. The van der Waals surface area contributed by atoms with Gasteiger partial charge in [-0.15, -0.1) is 0 Å². The molecule has 2 aromatic rings. The lowest BCUT2D eigenvalue weighted by Crippen LogP contribution is -2.24. The number of rotatable bonds is 3. The van der Waals surface area contributed by atoms with Gasteiger partial charge >= 0.3 is 0 Å². The highest BCUT2D eigenvalue weighted by Crippen LogP contribution is 2.05. The molecule has 0 aromatic carbocycles. The molecule has 0 radical (unpaired) electrons. The van der Waals surface area contributed by atoms with Crippen molar-refractivity contribution in [2.45, 2.75) is 6.54 Å². The van der Waals surface area contributed by atoms with Crippen LogP contribution in [0.25, 0.3) is 0 Å². The number of carbonyl (C=O) groups is 1. The molecule has 0 spiro atoms. The zero-order chi connectivity index (χ0) is 13.5. The third kappa shape index (κ3) is 3.40. The first kappa shape index (κ1) is 12.8. The first-order chi connectivity index (χ1) is 9.31. The Morgan fingerprint density at radius 3 is 3.11 bits per heavy atom. The van der Waals surface area contributed by atoms with Gasteiger partial charge in [0.25, 0.3) is 5.91 Å². The molecule has 0 saturated carbocycles. The van der Waals surface area contributed by atoms with Gasteiger partial charge in [0.1, 0.15) is 5.82 Å². The fourth-order valence-corrected chi connectivity index (χ4v) is 1.49. The third-order valence-electron chi connectivity index (χ3n) is 2.36. The van der Waals surface area contributed by atoms with E-state index in [1.807, 2.05) is 0 Å². The zero-order valence-corrected chi connectivity index (χ0v) is 10.2. The summed E-state index contributed by atoms with van der Waals surface area (Å²) in [6, 6.07) is 1.62. The lowest BCUT2D eigenvalue weighted by molar-refractivity contribution is 0.0949. The molecule has 0 saturated heterocycles. The summed E-state index contributed by atoms with van der Waals surface area (Å²) >= 11 is 0. The van der Waals surface area contributed by atoms with Crippen LogP contribution in [0.5, 0.6) is 0 Å². The van der Waals surface area contributed by atoms with E-state index in [1.165, 1.54) is 0 Å². The van der Waals surface area contributed by atoms with E-state index in [0.29, 0.717) is 23.5 Å². The average Bonchev–Trinajstić information content (AvgIpc) is 2.96. The van der Waals surface area contributed by atoms with Gasteiger partial charge in [0, 0.05) is 24.8 Å². The minimum absolute atomic E-state index is 0.222. The number of aromatic nitrogens is 3. The second-order valence-corrected chi connectivity index (χ2v) is 3.65. The molecule has 0 unspecified atom stereocenters. The number of pyridine rings is 1. The largest absolute Gasteiger partial charge is 0.347 e. The van der Waals surface area contributed by atoms with Crippen LogP contribution in [0.15, 0.2) is 30.9 Å². The lowest BCUT2D eigenvalue weighted by Gasteiger charge is -2.05. The molecule has 4 N–H and O–H groups in total. The summed E-state index contributed by atoms with van der Waals surface area (Å²) in [4.78, 5) is 22.9. The van der Waals surface area contributed by atoms with Gasteiger partial charge in [0.2, 0.25) is 0 Å². The summed E-state index contributed by atoms with van der Waals surface area (Å²) in [6.07, 6.45) is 6.43. The number of amides is 1. The van der Waals surface area contributed by atoms with Gasteiger partial charge in [-0.3, -0.25) is 9.78 Å². The van der Waals surface area contributed by atoms with Crippen molar-refractivity contribution in [1.29, 1.82) is 0 Å². The standard InChI is InChI=1S/C13H13N5O/c14-4-1-2-10-8-15-5-3-11(10)13(19)18-9-12-16-6-7-17-12/h3,5-8H,4,9,14H2,(H,16,17)(H,18,19). The summed E-state index contributed by atoms with van der Waals surface area (Å²) in [7, 11) is 0. The van der Waals surface area contributed by atoms with Crippen LogP contribution in [0, 0.1) is 11.8 Å². The summed E-state index contributed by atoms with van der Waals surface area (Å²) in [6.45, 7) is 0.570. The van der Waals surface area contributed by atoms with Crippen molar-refractivity contribution in [1.82, 2.24) is 20.3 Å². The van der Waals surface area contributed by atoms with Crippen LogP contribution in [0.2, 0.25) is 0 Å². The highest BCUT2D eigenvalue weighted by Gasteiger charge is 2.10. The molecule has 0 aliphatic rings. The summed E-state index contributed by atoms with van der Waals surface area (Å²) in [5, 5.41) is 2.76. The molecule has 19 heavy (non-hydrogen) atoms. The molecule has 0 bridgehead atoms. The van der Waals surface area contributed by atoms with Crippen molar-refractivity contribution in [2.24, 2.45) is 5.73 Å². The van der Waals surface area contributed by atoms with Crippen molar-refractivity contribution >= 4 is 5.91 Å². The van der Waals surface area contributed by atoms with E-state index in [2.05, 4.69) is 32.1 Å². The Kier molecular flexibility index (Phi) is 4.26. The number of nitrogens with two attached hydrogens (primary N) is 1. The van der Waals surface area contributed by atoms with E-state index < -0.39 is 0 Å². The van der Waals surface area contributed by atoms with E-state index in [9.17, 15) is 4.79 Å². The third-order valence-corrected chi connectivity index (χ3v) is 2.36. The van der Waals surface area contributed by atoms with Crippen molar-refractivity contribution in [3.63, 3.8) is 0 Å². The zero-order valence-electron chi connectivity index (χ0n) is 10.2. The second kappa shape index (κ2) is 6.33. The second-order valence-electron chi connectivity index (χ2n) is 3.65. The minimum atomic E-state index is -0.222. The number of hydrogen-bond acceptors (Lipinski definition) is 4. The van der Waals surface area contributed by atoms with Gasteiger partial charge in [-0.2, -0.15) is 0 Å². The molecule has 2 rings (SSSR count). The number of aromatic amines is 1. The van der Waals surface area contributed by atoms with Crippen LogP contribution in [0.3, 0.4) is 0 Å². The number of nitrogens with zero attached hydrogens (tertiary/aromatic N) is 2. The minimum Gasteiger partial charge on any atom is -0.347 e. The van der Waals surface area contributed by atoms with Crippen molar-refractivity contribution in [3.8, 4) is 11.8 Å². The van der Waals surface area contributed by atoms with Crippen LogP contribution < -0.4 is 11.1 Å². The Morgan fingerprint density at radius 1 is 1.47 bits per heavy atom. The predicted octanol–water partition coefficient (Wildman–Crippen LogP) is 0.0449. The Labute approximate surface area is 110 Å². The molecule has 1 amide bonds.